The zero-order chi connectivity index (χ0) is 20.4. The van der Waals surface area contributed by atoms with Crippen LogP contribution in [-0.2, 0) is 4.74 Å². The fourth-order valence-corrected chi connectivity index (χ4v) is 4.31. The van der Waals surface area contributed by atoms with Crippen LogP contribution in [0.25, 0.3) is 0 Å². The van der Waals surface area contributed by atoms with E-state index in [-0.39, 0.29) is 18.1 Å². The Kier molecular flexibility index (Phi) is 5.76. The summed E-state index contributed by atoms with van der Waals surface area (Å²) in [4.78, 5) is 9.39. The number of halogens is 2. The largest absolute Gasteiger partial charge is 0.488 e. The number of benzene rings is 1. The quantitative estimate of drug-likeness (QED) is 0.725. The summed E-state index contributed by atoms with van der Waals surface area (Å²) in [5.41, 5.74) is 3.77. The normalized spacial score (nSPS) is 23.2. The maximum atomic E-state index is 12.6. The summed E-state index contributed by atoms with van der Waals surface area (Å²) in [5.74, 6) is 1.16. The Morgan fingerprint density at radius 2 is 2.00 bits per heavy atom. The smallest absolute Gasteiger partial charge is 0.272 e. The number of hydrogen-bond donors (Lipinski definition) is 0. The summed E-state index contributed by atoms with van der Waals surface area (Å²) in [5, 5.41) is 0. The van der Waals surface area contributed by atoms with E-state index in [0.717, 1.165) is 41.7 Å². The van der Waals surface area contributed by atoms with Gasteiger partial charge in [0.15, 0.2) is 0 Å². The highest BCUT2D eigenvalue weighted by molar-refractivity contribution is 6.14. The van der Waals surface area contributed by atoms with Crippen LogP contribution in [0.5, 0.6) is 11.6 Å². The molecule has 7 heteroatoms. The van der Waals surface area contributed by atoms with E-state index in [1.165, 1.54) is 0 Å². The van der Waals surface area contributed by atoms with Crippen molar-refractivity contribution >= 4 is 5.71 Å². The Hall–Kier alpha value is -2.54. The summed E-state index contributed by atoms with van der Waals surface area (Å²) >= 11 is 0. The molecule has 3 atom stereocenters. The minimum absolute atomic E-state index is 0.0220. The standard InChI is InChI=1S/C22H24F2N2O3/c1-27-18-5-3-4-15-17-10-14(29-12-19(23)24)7-8-16(17)21(26-22(15)18)13-6-9-20(28-2)25-11-13/h6-11,15,18-19,22H,3-5,12H2,1-2H3. The number of aliphatic imine (C=N–C) groups is 1. The molecule has 2 aliphatic rings. The molecule has 4 rings (SSSR count). The number of aromatic nitrogens is 1. The second-order valence-electron chi connectivity index (χ2n) is 7.32. The van der Waals surface area contributed by atoms with Crippen LogP contribution in [0.4, 0.5) is 8.78 Å². The van der Waals surface area contributed by atoms with Gasteiger partial charge in [0.05, 0.1) is 25.0 Å². The number of rotatable bonds is 6. The van der Waals surface area contributed by atoms with Crippen molar-refractivity contribution in [1.29, 1.82) is 0 Å². The Morgan fingerprint density at radius 3 is 2.69 bits per heavy atom. The van der Waals surface area contributed by atoms with Gasteiger partial charge in [-0.2, -0.15) is 0 Å². The zero-order valence-corrected chi connectivity index (χ0v) is 16.5. The highest BCUT2D eigenvalue weighted by Gasteiger charge is 2.39. The van der Waals surface area contributed by atoms with E-state index in [4.69, 9.17) is 19.2 Å². The van der Waals surface area contributed by atoms with Crippen molar-refractivity contribution in [3.8, 4) is 11.6 Å². The number of hydrogen-bond acceptors (Lipinski definition) is 5. The van der Waals surface area contributed by atoms with Crippen LogP contribution in [0, 0.1) is 0 Å². The third-order valence-corrected chi connectivity index (χ3v) is 5.65. The molecule has 1 aromatic heterocycles. The lowest BCUT2D eigenvalue weighted by Gasteiger charge is -2.39. The Balaban J connectivity index is 1.77. The van der Waals surface area contributed by atoms with Crippen LogP contribution in [0.1, 0.15) is 41.9 Å². The van der Waals surface area contributed by atoms with Crippen molar-refractivity contribution < 1.29 is 23.0 Å². The Morgan fingerprint density at radius 1 is 1.14 bits per heavy atom. The molecule has 29 heavy (non-hydrogen) atoms. The summed E-state index contributed by atoms with van der Waals surface area (Å²) in [7, 11) is 3.29. The fraction of sp³-hybridized carbons (Fsp3) is 0.455. The molecule has 0 amide bonds. The van der Waals surface area contributed by atoms with E-state index in [0.29, 0.717) is 11.6 Å². The van der Waals surface area contributed by atoms with Crippen LogP contribution in [-0.4, -0.2) is 50.1 Å². The average Bonchev–Trinajstić information content (AvgIpc) is 2.76. The summed E-state index contributed by atoms with van der Waals surface area (Å²) in [6.07, 6.45) is 2.23. The summed E-state index contributed by atoms with van der Waals surface area (Å²) in [6, 6.07) is 9.23. The molecular weight excluding hydrogens is 378 g/mol. The van der Waals surface area contributed by atoms with E-state index in [1.54, 1.807) is 32.5 Å². The molecule has 1 aromatic carbocycles. The van der Waals surface area contributed by atoms with E-state index >= 15 is 0 Å². The monoisotopic (exact) mass is 402 g/mol. The van der Waals surface area contributed by atoms with E-state index < -0.39 is 13.0 Å². The van der Waals surface area contributed by atoms with E-state index in [2.05, 4.69) is 4.98 Å². The molecular formula is C22H24F2N2O3. The first-order valence-corrected chi connectivity index (χ1v) is 9.77. The van der Waals surface area contributed by atoms with Gasteiger partial charge in [0.1, 0.15) is 12.4 Å². The molecule has 154 valence electrons. The first-order valence-electron chi connectivity index (χ1n) is 9.77. The summed E-state index contributed by atoms with van der Waals surface area (Å²) in [6.45, 7) is -0.614. The lowest BCUT2D eigenvalue weighted by Crippen LogP contribution is -2.40. The van der Waals surface area contributed by atoms with Gasteiger partial charge < -0.3 is 14.2 Å². The zero-order valence-electron chi connectivity index (χ0n) is 16.5. The van der Waals surface area contributed by atoms with Gasteiger partial charge in [0.2, 0.25) is 5.88 Å². The topological polar surface area (TPSA) is 52.9 Å². The van der Waals surface area contributed by atoms with Crippen molar-refractivity contribution in [2.24, 2.45) is 4.99 Å². The Bertz CT molecular complexity index is 886. The van der Waals surface area contributed by atoms with Crippen molar-refractivity contribution in [1.82, 2.24) is 4.98 Å². The predicted octanol–water partition coefficient (Wildman–Crippen LogP) is 4.24. The molecule has 0 radical (unpaired) electrons. The number of methoxy groups -OCH3 is 2. The van der Waals surface area contributed by atoms with Gasteiger partial charge in [-0.1, -0.05) is 6.42 Å². The second-order valence-corrected chi connectivity index (χ2v) is 7.32. The number of nitrogens with zero attached hydrogens (tertiary/aromatic N) is 2. The highest BCUT2D eigenvalue weighted by atomic mass is 19.3. The van der Waals surface area contributed by atoms with Gasteiger partial charge in [0, 0.05) is 36.4 Å². The van der Waals surface area contributed by atoms with Crippen molar-refractivity contribution in [2.45, 2.75) is 43.8 Å². The van der Waals surface area contributed by atoms with Gasteiger partial charge >= 0.3 is 0 Å². The molecule has 0 bridgehead atoms. The summed E-state index contributed by atoms with van der Waals surface area (Å²) < 4.78 is 41.4. The molecule has 1 fully saturated rings. The van der Waals surface area contributed by atoms with E-state index in [9.17, 15) is 8.78 Å². The molecule has 0 saturated heterocycles. The first kappa shape index (κ1) is 19.8. The van der Waals surface area contributed by atoms with Gasteiger partial charge in [-0.15, -0.1) is 0 Å². The van der Waals surface area contributed by atoms with Crippen LogP contribution < -0.4 is 9.47 Å². The van der Waals surface area contributed by atoms with Crippen LogP contribution in [0.15, 0.2) is 41.5 Å². The molecule has 5 nitrogen and oxygen atoms in total. The van der Waals surface area contributed by atoms with Crippen LogP contribution in [0.2, 0.25) is 0 Å². The molecule has 0 N–H and O–H groups in total. The van der Waals surface area contributed by atoms with E-state index in [1.807, 2.05) is 18.2 Å². The van der Waals surface area contributed by atoms with Gasteiger partial charge in [-0.05, 0) is 42.7 Å². The SMILES string of the molecule is COc1ccc(C2=NC3C(OC)CCCC3c3cc(OCC(F)F)ccc32)cn1. The maximum Gasteiger partial charge on any atom is 0.272 e. The minimum atomic E-state index is -2.51. The van der Waals surface area contributed by atoms with Crippen molar-refractivity contribution in [3.05, 3.63) is 53.2 Å². The molecule has 0 spiro atoms. The molecule has 1 aliphatic heterocycles. The lowest BCUT2D eigenvalue weighted by molar-refractivity contribution is 0.0460. The average molecular weight is 402 g/mol. The van der Waals surface area contributed by atoms with Gasteiger partial charge in [-0.3, -0.25) is 4.99 Å². The van der Waals surface area contributed by atoms with Crippen molar-refractivity contribution in [3.63, 3.8) is 0 Å². The number of alkyl halides is 2. The van der Waals surface area contributed by atoms with Crippen LogP contribution in [0.3, 0.4) is 0 Å². The maximum absolute atomic E-state index is 12.6. The van der Waals surface area contributed by atoms with Gasteiger partial charge in [0.25, 0.3) is 6.43 Å². The van der Waals surface area contributed by atoms with Crippen LogP contribution >= 0.6 is 0 Å². The fourth-order valence-electron chi connectivity index (χ4n) is 4.31. The number of pyridine rings is 1. The van der Waals surface area contributed by atoms with Crippen molar-refractivity contribution in [2.75, 3.05) is 20.8 Å². The minimum Gasteiger partial charge on any atom is -0.488 e. The third-order valence-electron chi connectivity index (χ3n) is 5.65. The highest BCUT2D eigenvalue weighted by Crippen LogP contribution is 2.43. The first-order chi connectivity index (χ1) is 14.1. The molecule has 3 unspecified atom stereocenters. The lowest BCUT2D eigenvalue weighted by atomic mass is 9.74. The van der Waals surface area contributed by atoms with Gasteiger partial charge in [-0.25, -0.2) is 13.8 Å². The number of fused-ring (bicyclic) bond motifs is 3. The molecule has 2 heterocycles. The Labute approximate surface area is 168 Å². The number of ether oxygens (including phenoxy) is 3. The molecule has 1 aliphatic carbocycles. The molecule has 2 aromatic rings. The second kappa shape index (κ2) is 8.45. The predicted molar refractivity (Wildman–Crippen MR) is 106 cm³/mol. The third kappa shape index (κ3) is 3.96. The molecule has 1 saturated carbocycles.